The Hall–Kier alpha value is -0.830. The van der Waals surface area contributed by atoms with Crippen molar-refractivity contribution in [3.05, 3.63) is 22.4 Å². The largest absolute Gasteiger partial charge is 0.388 e. The van der Waals surface area contributed by atoms with Crippen LogP contribution in [-0.2, 0) is 0 Å². The Morgan fingerprint density at radius 2 is 2.45 bits per heavy atom. The topological polar surface area (TPSA) is 38.4 Å². The first-order valence-electron chi connectivity index (χ1n) is 3.53. The summed E-state index contributed by atoms with van der Waals surface area (Å²) in [6, 6.07) is 4.31. The Morgan fingerprint density at radius 3 is 2.91 bits per heavy atom. The molecule has 1 rings (SSSR count). The molecule has 0 saturated carbocycles. The van der Waals surface area contributed by atoms with Crippen LogP contribution >= 0.6 is 11.3 Å². The van der Waals surface area contributed by atoms with Gasteiger partial charge in [-0.3, -0.25) is 4.99 Å². The van der Waals surface area contributed by atoms with Crippen molar-refractivity contribution in [3.8, 4) is 0 Å². The van der Waals surface area contributed by atoms with Gasteiger partial charge in [0.25, 0.3) is 0 Å². The monoisotopic (exact) mass is 168 g/mol. The number of amidine groups is 1. The lowest BCUT2D eigenvalue weighted by atomic mass is 10.3. The molecule has 0 aliphatic heterocycles. The third-order valence-corrected chi connectivity index (χ3v) is 2.39. The highest BCUT2D eigenvalue weighted by atomic mass is 32.1. The van der Waals surface area contributed by atoms with Gasteiger partial charge in [-0.1, -0.05) is 6.07 Å². The molecule has 0 saturated heterocycles. The second-order valence-electron chi connectivity index (χ2n) is 2.46. The second-order valence-corrected chi connectivity index (χ2v) is 3.44. The fraction of sp³-hybridized carbons (Fsp3) is 0.375. The Bertz CT molecular complexity index is 235. The second kappa shape index (κ2) is 3.53. The molecule has 3 heteroatoms. The number of hydrogen-bond acceptors (Lipinski definition) is 2. The SMILES string of the molecule is CC(N)=NC(C)c1cccs1. The molecule has 0 bridgehead atoms. The standard InChI is InChI=1S/C8H12N2S/c1-6(10-7(2)9)8-4-3-5-11-8/h3-6H,1-2H3,(H2,9,10). The van der Waals surface area contributed by atoms with Crippen molar-refractivity contribution in [2.24, 2.45) is 10.7 Å². The quantitative estimate of drug-likeness (QED) is 0.533. The fourth-order valence-electron chi connectivity index (χ4n) is 0.898. The van der Waals surface area contributed by atoms with Crippen molar-refractivity contribution in [1.82, 2.24) is 0 Å². The lowest BCUT2D eigenvalue weighted by molar-refractivity contribution is 0.837. The van der Waals surface area contributed by atoms with Crippen molar-refractivity contribution in [2.45, 2.75) is 19.9 Å². The number of aliphatic imine (C=N–C) groups is 1. The van der Waals surface area contributed by atoms with Crippen LogP contribution in [0.3, 0.4) is 0 Å². The van der Waals surface area contributed by atoms with Crippen LogP contribution in [0.4, 0.5) is 0 Å². The Balaban J connectivity index is 2.71. The molecular weight excluding hydrogens is 156 g/mol. The smallest absolute Gasteiger partial charge is 0.0913 e. The molecule has 0 aromatic carbocycles. The minimum absolute atomic E-state index is 0.208. The molecule has 0 radical (unpaired) electrons. The first-order valence-corrected chi connectivity index (χ1v) is 4.41. The summed E-state index contributed by atoms with van der Waals surface area (Å²) in [5.74, 6) is 0.644. The van der Waals surface area contributed by atoms with E-state index >= 15 is 0 Å². The molecule has 0 fully saturated rings. The number of hydrogen-bond donors (Lipinski definition) is 1. The van der Waals surface area contributed by atoms with Gasteiger partial charge >= 0.3 is 0 Å². The van der Waals surface area contributed by atoms with E-state index in [1.807, 2.05) is 25.3 Å². The van der Waals surface area contributed by atoms with Crippen molar-refractivity contribution < 1.29 is 0 Å². The summed E-state index contributed by atoms with van der Waals surface area (Å²) in [7, 11) is 0. The van der Waals surface area contributed by atoms with Crippen LogP contribution in [0.1, 0.15) is 24.8 Å². The van der Waals surface area contributed by atoms with Crippen LogP contribution < -0.4 is 5.73 Å². The van der Waals surface area contributed by atoms with Crippen LogP contribution in [0, 0.1) is 0 Å². The van der Waals surface area contributed by atoms with Crippen molar-refractivity contribution in [1.29, 1.82) is 0 Å². The molecule has 1 unspecified atom stereocenters. The van der Waals surface area contributed by atoms with Crippen LogP contribution in [0.25, 0.3) is 0 Å². The highest BCUT2D eigenvalue weighted by Crippen LogP contribution is 2.21. The molecule has 0 aliphatic carbocycles. The van der Waals surface area contributed by atoms with Gasteiger partial charge < -0.3 is 5.73 Å². The molecule has 1 heterocycles. The highest BCUT2D eigenvalue weighted by Gasteiger charge is 2.02. The van der Waals surface area contributed by atoms with E-state index in [9.17, 15) is 0 Å². The van der Waals surface area contributed by atoms with Crippen molar-refractivity contribution in [3.63, 3.8) is 0 Å². The molecular formula is C8H12N2S. The van der Waals surface area contributed by atoms with Crippen molar-refractivity contribution >= 4 is 17.2 Å². The zero-order valence-electron chi connectivity index (χ0n) is 6.74. The van der Waals surface area contributed by atoms with E-state index in [4.69, 9.17) is 5.73 Å². The third kappa shape index (κ3) is 2.35. The van der Waals surface area contributed by atoms with E-state index in [0.717, 1.165) is 0 Å². The van der Waals surface area contributed by atoms with Gasteiger partial charge in [-0.2, -0.15) is 0 Å². The number of nitrogens with two attached hydrogens (primary N) is 1. The van der Waals surface area contributed by atoms with Gasteiger partial charge in [0.2, 0.25) is 0 Å². The van der Waals surface area contributed by atoms with Gasteiger partial charge in [0.1, 0.15) is 0 Å². The number of nitrogens with zero attached hydrogens (tertiary/aromatic N) is 1. The average molecular weight is 168 g/mol. The molecule has 0 amide bonds. The van der Waals surface area contributed by atoms with Gasteiger partial charge in [0.15, 0.2) is 0 Å². The van der Waals surface area contributed by atoms with Crippen molar-refractivity contribution in [2.75, 3.05) is 0 Å². The normalized spacial score (nSPS) is 14.9. The molecule has 1 aromatic rings. The van der Waals surface area contributed by atoms with Gasteiger partial charge in [-0.25, -0.2) is 0 Å². The minimum atomic E-state index is 0.208. The number of thiophene rings is 1. The van der Waals surface area contributed by atoms with Gasteiger partial charge in [-0.15, -0.1) is 11.3 Å². The van der Waals surface area contributed by atoms with E-state index in [1.54, 1.807) is 11.3 Å². The Kier molecular flexibility index (Phi) is 2.65. The van der Waals surface area contributed by atoms with E-state index < -0.39 is 0 Å². The zero-order chi connectivity index (χ0) is 8.27. The van der Waals surface area contributed by atoms with E-state index in [-0.39, 0.29) is 6.04 Å². The van der Waals surface area contributed by atoms with Gasteiger partial charge in [0.05, 0.1) is 11.9 Å². The van der Waals surface area contributed by atoms with Crippen LogP contribution in [0.5, 0.6) is 0 Å². The predicted octanol–water partition coefficient (Wildman–Crippen LogP) is 2.19. The molecule has 2 N–H and O–H groups in total. The maximum absolute atomic E-state index is 5.45. The summed E-state index contributed by atoms with van der Waals surface area (Å²) < 4.78 is 0. The third-order valence-electron chi connectivity index (χ3n) is 1.35. The zero-order valence-corrected chi connectivity index (χ0v) is 7.56. The molecule has 1 atom stereocenters. The fourth-order valence-corrected chi connectivity index (χ4v) is 1.62. The molecule has 1 aromatic heterocycles. The molecule has 60 valence electrons. The molecule has 0 spiro atoms. The molecule has 2 nitrogen and oxygen atoms in total. The maximum Gasteiger partial charge on any atom is 0.0913 e. The Morgan fingerprint density at radius 1 is 1.73 bits per heavy atom. The van der Waals surface area contributed by atoms with Crippen LogP contribution in [0.15, 0.2) is 22.5 Å². The summed E-state index contributed by atoms with van der Waals surface area (Å²) in [4.78, 5) is 5.48. The predicted molar refractivity (Wildman–Crippen MR) is 50.0 cm³/mol. The van der Waals surface area contributed by atoms with Crippen LogP contribution in [-0.4, -0.2) is 5.84 Å². The first-order chi connectivity index (χ1) is 5.20. The Labute approximate surface area is 70.8 Å². The van der Waals surface area contributed by atoms with E-state index in [0.29, 0.717) is 5.84 Å². The summed E-state index contributed by atoms with van der Waals surface area (Å²) in [6.45, 7) is 3.85. The lowest BCUT2D eigenvalue weighted by Gasteiger charge is -2.02. The summed E-state index contributed by atoms with van der Waals surface area (Å²) >= 11 is 1.71. The van der Waals surface area contributed by atoms with Gasteiger partial charge in [0, 0.05) is 4.88 Å². The van der Waals surface area contributed by atoms with Gasteiger partial charge in [-0.05, 0) is 25.3 Å². The molecule has 11 heavy (non-hydrogen) atoms. The molecule has 0 aliphatic rings. The average Bonchev–Trinajstić information content (AvgIpc) is 2.35. The summed E-state index contributed by atoms with van der Waals surface area (Å²) in [5, 5.41) is 2.05. The maximum atomic E-state index is 5.45. The summed E-state index contributed by atoms with van der Waals surface area (Å²) in [6.07, 6.45) is 0. The minimum Gasteiger partial charge on any atom is -0.388 e. The highest BCUT2D eigenvalue weighted by molar-refractivity contribution is 7.10. The van der Waals surface area contributed by atoms with E-state index in [2.05, 4.69) is 11.1 Å². The van der Waals surface area contributed by atoms with E-state index in [1.165, 1.54) is 4.88 Å². The van der Waals surface area contributed by atoms with Crippen LogP contribution in [0.2, 0.25) is 0 Å². The first kappa shape index (κ1) is 8.27. The number of rotatable bonds is 2. The summed E-state index contributed by atoms with van der Waals surface area (Å²) in [5.41, 5.74) is 5.45. The lowest BCUT2D eigenvalue weighted by Crippen LogP contribution is -2.06.